The molecular weight excluding hydrogens is 530 g/mol. The summed E-state index contributed by atoms with van der Waals surface area (Å²) in [4.78, 5) is 83.7. The van der Waals surface area contributed by atoms with E-state index in [1.165, 1.54) is 11.8 Å². The van der Waals surface area contributed by atoms with E-state index in [0.717, 1.165) is 0 Å². The summed E-state index contributed by atoms with van der Waals surface area (Å²) in [6.45, 7) is 2.10. The van der Waals surface area contributed by atoms with Crippen molar-refractivity contribution in [2.45, 2.75) is 63.3 Å². The Morgan fingerprint density at radius 1 is 0.737 bits per heavy atom. The molecule has 10 N–H and O–H groups in total. The number of aliphatic hydroxyl groups is 1. The van der Waals surface area contributed by atoms with Crippen LogP contribution in [-0.2, 0) is 33.6 Å². The number of thioether (sulfide) groups is 1. The molecule has 0 bridgehead atoms. The Balaban J connectivity index is 5.68. The first-order valence-corrected chi connectivity index (χ1v) is 12.8. The molecule has 5 atom stereocenters. The van der Waals surface area contributed by atoms with Gasteiger partial charge in [0.15, 0.2) is 0 Å². The summed E-state index contributed by atoms with van der Waals surface area (Å²) in [7, 11) is 0. The molecule has 0 aliphatic carbocycles. The highest BCUT2D eigenvalue weighted by Crippen LogP contribution is 2.08. The monoisotopic (exact) mass is 565 g/mol. The van der Waals surface area contributed by atoms with Gasteiger partial charge >= 0.3 is 17.9 Å². The number of carboxylic acid groups (broad SMARTS) is 3. The van der Waals surface area contributed by atoms with Crippen LogP contribution in [0.1, 0.15) is 33.1 Å². The minimum absolute atomic E-state index is 0.104. The first-order chi connectivity index (χ1) is 17.6. The second-order valence-corrected chi connectivity index (χ2v) is 9.50. The zero-order valence-corrected chi connectivity index (χ0v) is 21.9. The quantitative estimate of drug-likeness (QED) is 0.0788. The van der Waals surface area contributed by atoms with Crippen LogP contribution in [0.2, 0.25) is 0 Å². The average Bonchev–Trinajstić information content (AvgIpc) is 2.81. The highest BCUT2D eigenvalue weighted by molar-refractivity contribution is 7.98. The highest BCUT2D eigenvalue weighted by atomic mass is 32.2. The standard InChI is InChI=1S/C21H35N5O11S/c1-9(2)16(20(35)24-12(7-15(30)31)19(34)25-13(8-27)21(36)37)26-18(33)11(4-5-38-3)23-17(32)10(22)6-14(28)29/h9-13,16,27H,4-8,22H2,1-3H3,(H,23,32)(H,24,35)(H,25,34)(H,26,33)(H,28,29)(H,30,31)(H,36,37)/t10-,11-,12-,13-,16-/m0/s1. The summed E-state index contributed by atoms with van der Waals surface area (Å²) in [6, 6.07) is -7.42. The first-order valence-electron chi connectivity index (χ1n) is 11.4. The van der Waals surface area contributed by atoms with Crippen molar-refractivity contribution in [3.8, 4) is 0 Å². The number of amides is 4. The van der Waals surface area contributed by atoms with Crippen LogP contribution in [0.5, 0.6) is 0 Å². The number of hydrogen-bond donors (Lipinski definition) is 9. The second kappa shape index (κ2) is 17.1. The number of carbonyl (C=O) groups is 7. The normalized spacial score (nSPS) is 14.8. The minimum Gasteiger partial charge on any atom is -0.481 e. The molecule has 0 aromatic heterocycles. The van der Waals surface area contributed by atoms with Crippen molar-refractivity contribution in [1.82, 2.24) is 21.3 Å². The van der Waals surface area contributed by atoms with Gasteiger partial charge in [0.05, 0.1) is 25.5 Å². The van der Waals surface area contributed by atoms with Crippen molar-refractivity contribution < 1.29 is 54.0 Å². The van der Waals surface area contributed by atoms with Crippen LogP contribution in [0.25, 0.3) is 0 Å². The largest absolute Gasteiger partial charge is 0.481 e. The molecule has 16 nitrogen and oxygen atoms in total. The molecule has 0 aromatic carbocycles. The fraction of sp³-hybridized carbons (Fsp3) is 0.667. The van der Waals surface area contributed by atoms with Gasteiger partial charge in [0.25, 0.3) is 0 Å². The molecule has 0 rings (SSSR count). The third kappa shape index (κ3) is 12.7. The van der Waals surface area contributed by atoms with Crippen LogP contribution in [0, 0.1) is 5.92 Å². The van der Waals surface area contributed by atoms with E-state index in [4.69, 9.17) is 26.2 Å². The van der Waals surface area contributed by atoms with Crippen LogP contribution < -0.4 is 27.0 Å². The number of carbonyl (C=O) groups excluding carboxylic acids is 4. The molecule has 0 fully saturated rings. The summed E-state index contributed by atoms with van der Waals surface area (Å²) >= 11 is 1.36. The summed E-state index contributed by atoms with van der Waals surface area (Å²) in [5.41, 5.74) is 5.55. The molecule has 4 amide bonds. The molecule has 17 heteroatoms. The van der Waals surface area contributed by atoms with E-state index in [1.54, 1.807) is 20.1 Å². The van der Waals surface area contributed by atoms with E-state index in [0.29, 0.717) is 5.75 Å². The zero-order valence-electron chi connectivity index (χ0n) is 21.1. The lowest BCUT2D eigenvalue weighted by molar-refractivity contribution is -0.144. The van der Waals surface area contributed by atoms with E-state index in [-0.39, 0.29) is 6.42 Å². The zero-order chi connectivity index (χ0) is 29.6. The van der Waals surface area contributed by atoms with E-state index >= 15 is 0 Å². The number of aliphatic carboxylic acids is 3. The van der Waals surface area contributed by atoms with E-state index < -0.39 is 97.1 Å². The number of nitrogens with one attached hydrogen (secondary N) is 4. The third-order valence-corrected chi connectivity index (χ3v) is 5.67. The Bertz CT molecular complexity index is 886. The number of hydrogen-bond acceptors (Lipinski definition) is 10. The summed E-state index contributed by atoms with van der Waals surface area (Å²) in [6.07, 6.45) is 0.247. The summed E-state index contributed by atoms with van der Waals surface area (Å²) in [5.74, 6) is -8.45. The molecule has 38 heavy (non-hydrogen) atoms. The van der Waals surface area contributed by atoms with Gasteiger partial charge in [-0.15, -0.1) is 0 Å². The Hall–Kier alpha value is -3.44. The molecule has 0 radical (unpaired) electrons. The van der Waals surface area contributed by atoms with Crippen molar-refractivity contribution in [2.24, 2.45) is 11.7 Å². The van der Waals surface area contributed by atoms with Crippen LogP contribution in [0.3, 0.4) is 0 Å². The topological polar surface area (TPSA) is 275 Å². The maximum absolute atomic E-state index is 13.0. The lowest BCUT2D eigenvalue weighted by Gasteiger charge is -2.27. The van der Waals surface area contributed by atoms with Gasteiger partial charge in [-0.2, -0.15) is 11.8 Å². The van der Waals surface area contributed by atoms with Gasteiger partial charge in [-0.3, -0.25) is 28.8 Å². The van der Waals surface area contributed by atoms with Gasteiger partial charge in [0.2, 0.25) is 23.6 Å². The Morgan fingerprint density at radius 2 is 1.24 bits per heavy atom. The predicted octanol–water partition coefficient (Wildman–Crippen LogP) is -3.31. The van der Waals surface area contributed by atoms with Crippen molar-refractivity contribution in [2.75, 3.05) is 18.6 Å². The van der Waals surface area contributed by atoms with Crippen molar-refractivity contribution in [3.63, 3.8) is 0 Å². The average molecular weight is 566 g/mol. The van der Waals surface area contributed by atoms with E-state index in [9.17, 15) is 33.6 Å². The van der Waals surface area contributed by atoms with E-state index in [2.05, 4.69) is 16.0 Å². The van der Waals surface area contributed by atoms with Gasteiger partial charge in [-0.05, 0) is 24.3 Å². The predicted molar refractivity (Wildman–Crippen MR) is 133 cm³/mol. The van der Waals surface area contributed by atoms with Crippen molar-refractivity contribution in [1.29, 1.82) is 0 Å². The Labute approximate surface area is 222 Å². The minimum atomic E-state index is -1.75. The van der Waals surface area contributed by atoms with E-state index in [1.807, 2.05) is 5.32 Å². The van der Waals surface area contributed by atoms with Crippen LogP contribution in [0.15, 0.2) is 0 Å². The lowest BCUT2D eigenvalue weighted by atomic mass is 10.0. The number of aliphatic hydroxyl groups excluding tert-OH is 1. The SMILES string of the molecule is CSCC[C@H](NC(=O)[C@@H](N)CC(=O)O)C(=O)N[C@H](C(=O)N[C@@H](CC(=O)O)C(=O)N[C@@H](CO)C(=O)O)C(C)C. The van der Waals surface area contributed by atoms with Crippen LogP contribution >= 0.6 is 11.8 Å². The smallest absolute Gasteiger partial charge is 0.328 e. The highest BCUT2D eigenvalue weighted by Gasteiger charge is 2.33. The number of nitrogens with two attached hydrogens (primary N) is 1. The Kier molecular flexibility index (Phi) is 15.6. The van der Waals surface area contributed by atoms with Gasteiger partial charge < -0.3 is 47.4 Å². The van der Waals surface area contributed by atoms with Crippen LogP contribution in [0.4, 0.5) is 0 Å². The number of rotatable bonds is 18. The molecule has 0 aliphatic rings. The summed E-state index contributed by atoms with van der Waals surface area (Å²) < 4.78 is 0. The molecule has 0 heterocycles. The lowest BCUT2D eigenvalue weighted by Crippen LogP contribution is -2.60. The fourth-order valence-electron chi connectivity index (χ4n) is 2.96. The maximum Gasteiger partial charge on any atom is 0.328 e. The van der Waals surface area contributed by atoms with Gasteiger partial charge in [-0.25, -0.2) is 4.79 Å². The molecular formula is C21H35N5O11S. The summed E-state index contributed by atoms with van der Waals surface area (Å²) in [5, 5.41) is 44.9. The molecule has 216 valence electrons. The van der Waals surface area contributed by atoms with Gasteiger partial charge in [-0.1, -0.05) is 13.8 Å². The molecule has 0 saturated carbocycles. The van der Waals surface area contributed by atoms with Gasteiger partial charge in [0.1, 0.15) is 24.2 Å². The van der Waals surface area contributed by atoms with Crippen molar-refractivity contribution in [3.05, 3.63) is 0 Å². The van der Waals surface area contributed by atoms with Gasteiger partial charge in [0, 0.05) is 0 Å². The first kappa shape index (κ1) is 34.6. The molecule has 0 aromatic rings. The maximum atomic E-state index is 13.0. The second-order valence-electron chi connectivity index (χ2n) is 8.52. The molecule has 0 aliphatic heterocycles. The van der Waals surface area contributed by atoms with Crippen molar-refractivity contribution >= 4 is 53.3 Å². The third-order valence-electron chi connectivity index (χ3n) is 5.03. The number of carboxylic acids is 3. The Morgan fingerprint density at radius 3 is 1.68 bits per heavy atom. The molecule has 0 saturated heterocycles. The fourth-order valence-corrected chi connectivity index (χ4v) is 3.43. The van der Waals surface area contributed by atoms with Crippen LogP contribution in [-0.4, -0.2) is 111 Å². The molecule has 0 spiro atoms. The molecule has 0 unspecified atom stereocenters.